The Labute approximate surface area is 121 Å². The van der Waals surface area contributed by atoms with Crippen LogP contribution in [0, 0.1) is 0 Å². The number of carbonyl (C=O) groups excluding carboxylic acids is 1. The Balaban J connectivity index is 2.10. The molecule has 1 saturated heterocycles. The number of nitrogens with zero attached hydrogens (tertiary/aromatic N) is 2. The van der Waals surface area contributed by atoms with Crippen molar-refractivity contribution in [1.82, 2.24) is 4.90 Å². The summed E-state index contributed by atoms with van der Waals surface area (Å²) in [6, 6.07) is 8.52. The molecule has 0 bridgehead atoms. The molecule has 4 heteroatoms. The maximum atomic E-state index is 12.3. The molecule has 0 aliphatic carbocycles. The van der Waals surface area contributed by atoms with Gasteiger partial charge >= 0.3 is 6.03 Å². The third kappa shape index (κ3) is 3.31. The number of anilines is 1. The fraction of sp³-hybridized carbons (Fsp3) is 0.562. The lowest BCUT2D eigenvalue weighted by atomic mass is 9.96. The van der Waals surface area contributed by atoms with Gasteiger partial charge in [-0.3, -0.25) is 4.90 Å². The topological polar surface area (TPSA) is 49.6 Å². The highest BCUT2D eigenvalue weighted by molar-refractivity contribution is 5.94. The molecule has 0 unspecified atom stereocenters. The van der Waals surface area contributed by atoms with Crippen LogP contribution in [0.15, 0.2) is 24.3 Å². The molecule has 1 fully saturated rings. The van der Waals surface area contributed by atoms with E-state index in [0.29, 0.717) is 0 Å². The van der Waals surface area contributed by atoms with Gasteiger partial charge in [0.25, 0.3) is 0 Å². The van der Waals surface area contributed by atoms with Crippen molar-refractivity contribution in [3.63, 3.8) is 0 Å². The zero-order valence-electron chi connectivity index (χ0n) is 12.9. The van der Waals surface area contributed by atoms with Gasteiger partial charge in [0.05, 0.1) is 0 Å². The maximum Gasteiger partial charge on any atom is 0.324 e. The van der Waals surface area contributed by atoms with E-state index in [-0.39, 0.29) is 17.6 Å². The van der Waals surface area contributed by atoms with E-state index in [1.165, 1.54) is 5.56 Å². The summed E-state index contributed by atoms with van der Waals surface area (Å²) in [5.74, 6) is 0. The van der Waals surface area contributed by atoms with Crippen LogP contribution in [0.4, 0.5) is 10.5 Å². The van der Waals surface area contributed by atoms with Crippen LogP contribution in [-0.2, 0) is 6.42 Å². The molecule has 0 atom stereocenters. The van der Waals surface area contributed by atoms with Crippen LogP contribution in [0.5, 0.6) is 0 Å². The van der Waals surface area contributed by atoms with Crippen LogP contribution in [0.2, 0.25) is 0 Å². The molecule has 20 heavy (non-hydrogen) atoms. The average Bonchev–Trinajstić information content (AvgIpc) is 2.70. The zero-order valence-corrected chi connectivity index (χ0v) is 12.9. The van der Waals surface area contributed by atoms with Crippen molar-refractivity contribution in [1.29, 1.82) is 0 Å². The molecule has 1 aromatic rings. The molecule has 1 aromatic carbocycles. The highest BCUT2D eigenvalue weighted by Crippen LogP contribution is 2.23. The number of nitrogens with two attached hydrogens (primary N) is 1. The first-order chi connectivity index (χ1) is 9.28. The van der Waals surface area contributed by atoms with Gasteiger partial charge < -0.3 is 10.6 Å². The molecule has 2 N–H and O–H groups in total. The Kier molecular flexibility index (Phi) is 4.04. The molecule has 0 aromatic heterocycles. The molecule has 1 aliphatic heterocycles. The van der Waals surface area contributed by atoms with Gasteiger partial charge in [-0.05, 0) is 51.8 Å². The molecule has 0 radical (unpaired) electrons. The number of amides is 2. The highest BCUT2D eigenvalue weighted by atomic mass is 16.2. The molecule has 1 heterocycles. The molecular weight excluding hydrogens is 250 g/mol. The van der Waals surface area contributed by atoms with Crippen molar-refractivity contribution in [2.45, 2.75) is 45.7 Å². The first-order valence-electron chi connectivity index (χ1n) is 7.24. The summed E-state index contributed by atoms with van der Waals surface area (Å²) in [6.45, 7) is 9.70. The number of hydrogen-bond donors (Lipinski definition) is 1. The molecule has 2 rings (SSSR count). The van der Waals surface area contributed by atoms with Gasteiger partial charge in [-0.1, -0.05) is 12.1 Å². The summed E-state index contributed by atoms with van der Waals surface area (Å²) < 4.78 is 0. The summed E-state index contributed by atoms with van der Waals surface area (Å²) in [4.78, 5) is 16.0. The fourth-order valence-corrected chi connectivity index (χ4v) is 2.59. The van der Waals surface area contributed by atoms with E-state index in [0.717, 1.165) is 25.2 Å². The highest BCUT2D eigenvalue weighted by Gasteiger charge is 2.30. The van der Waals surface area contributed by atoms with Crippen molar-refractivity contribution in [3.05, 3.63) is 29.8 Å². The third-order valence-corrected chi connectivity index (χ3v) is 3.57. The Bertz CT molecular complexity index is 473. The minimum atomic E-state index is -0.209. The Morgan fingerprint density at radius 2 is 1.80 bits per heavy atom. The molecular formula is C16H25N3O. The average molecular weight is 275 g/mol. The summed E-state index contributed by atoms with van der Waals surface area (Å²) in [6.07, 6.45) is 0.833. The van der Waals surface area contributed by atoms with Crippen molar-refractivity contribution in [3.8, 4) is 0 Å². The van der Waals surface area contributed by atoms with Crippen LogP contribution in [0.3, 0.4) is 0 Å². The molecule has 2 amide bonds. The predicted molar refractivity (Wildman–Crippen MR) is 83.0 cm³/mol. The lowest BCUT2D eigenvalue weighted by molar-refractivity contribution is 0.209. The second kappa shape index (κ2) is 5.44. The minimum absolute atomic E-state index is 0.104. The largest absolute Gasteiger partial charge is 0.325 e. The van der Waals surface area contributed by atoms with E-state index >= 15 is 0 Å². The lowest BCUT2D eigenvalue weighted by Gasteiger charge is -2.22. The smallest absolute Gasteiger partial charge is 0.324 e. The summed E-state index contributed by atoms with van der Waals surface area (Å²) in [7, 11) is 0. The summed E-state index contributed by atoms with van der Waals surface area (Å²) >= 11 is 0. The lowest BCUT2D eigenvalue weighted by Crippen LogP contribution is -2.36. The number of urea groups is 1. The fourth-order valence-electron chi connectivity index (χ4n) is 2.59. The van der Waals surface area contributed by atoms with Crippen molar-refractivity contribution < 1.29 is 4.79 Å². The molecule has 1 aliphatic rings. The standard InChI is InChI=1S/C16H25N3O/c1-12(2)18-9-10-19(15(18)20)14-7-5-13(6-8-14)11-16(3,4)17/h5-8,12H,9-11,17H2,1-4H3. The molecule has 0 saturated carbocycles. The van der Waals surface area contributed by atoms with E-state index in [1.807, 2.05) is 49.6 Å². The van der Waals surface area contributed by atoms with Crippen molar-refractivity contribution in [2.75, 3.05) is 18.0 Å². The Hall–Kier alpha value is -1.55. The number of rotatable bonds is 4. The monoisotopic (exact) mass is 275 g/mol. The molecule has 110 valence electrons. The second-order valence-electron chi connectivity index (χ2n) is 6.55. The van der Waals surface area contributed by atoms with E-state index < -0.39 is 0 Å². The van der Waals surface area contributed by atoms with Crippen LogP contribution in [-0.4, -0.2) is 35.6 Å². The minimum Gasteiger partial charge on any atom is -0.325 e. The van der Waals surface area contributed by atoms with Crippen LogP contribution < -0.4 is 10.6 Å². The quantitative estimate of drug-likeness (QED) is 0.918. The number of hydrogen-bond acceptors (Lipinski definition) is 2. The van der Waals surface area contributed by atoms with Gasteiger partial charge in [0.1, 0.15) is 0 Å². The summed E-state index contributed by atoms with van der Waals surface area (Å²) in [5.41, 5.74) is 7.99. The van der Waals surface area contributed by atoms with Crippen LogP contribution >= 0.6 is 0 Å². The first-order valence-corrected chi connectivity index (χ1v) is 7.24. The van der Waals surface area contributed by atoms with Crippen LogP contribution in [0.1, 0.15) is 33.3 Å². The van der Waals surface area contributed by atoms with Crippen LogP contribution in [0.25, 0.3) is 0 Å². The number of benzene rings is 1. The van der Waals surface area contributed by atoms with Crippen molar-refractivity contribution >= 4 is 11.7 Å². The molecule has 4 nitrogen and oxygen atoms in total. The normalized spacial score (nSPS) is 16.4. The third-order valence-electron chi connectivity index (χ3n) is 3.57. The van der Waals surface area contributed by atoms with Gasteiger partial charge in [0, 0.05) is 30.4 Å². The zero-order chi connectivity index (χ0) is 14.9. The number of carbonyl (C=O) groups is 1. The second-order valence-corrected chi connectivity index (χ2v) is 6.55. The van der Waals surface area contributed by atoms with Gasteiger partial charge in [-0.2, -0.15) is 0 Å². The van der Waals surface area contributed by atoms with Gasteiger partial charge in [0.2, 0.25) is 0 Å². The van der Waals surface area contributed by atoms with E-state index in [4.69, 9.17) is 5.73 Å². The van der Waals surface area contributed by atoms with E-state index in [1.54, 1.807) is 0 Å². The Morgan fingerprint density at radius 1 is 1.20 bits per heavy atom. The summed E-state index contributed by atoms with van der Waals surface area (Å²) in [5, 5.41) is 0. The van der Waals surface area contributed by atoms with E-state index in [2.05, 4.69) is 12.1 Å². The predicted octanol–water partition coefficient (Wildman–Crippen LogP) is 2.62. The van der Waals surface area contributed by atoms with Crippen molar-refractivity contribution in [2.24, 2.45) is 5.73 Å². The SMILES string of the molecule is CC(C)N1CCN(c2ccc(CC(C)(C)N)cc2)C1=O. The van der Waals surface area contributed by atoms with Gasteiger partial charge in [-0.15, -0.1) is 0 Å². The first kappa shape index (κ1) is 14.9. The molecule has 0 spiro atoms. The van der Waals surface area contributed by atoms with Gasteiger partial charge in [0.15, 0.2) is 0 Å². The van der Waals surface area contributed by atoms with Gasteiger partial charge in [-0.25, -0.2) is 4.79 Å². The Morgan fingerprint density at radius 3 is 2.25 bits per heavy atom. The van der Waals surface area contributed by atoms with E-state index in [9.17, 15) is 4.79 Å². The maximum absolute atomic E-state index is 12.3.